The Morgan fingerprint density at radius 2 is 1.32 bits per heavy atom. The molecule has 0 aliphatic heterocycles. The second-order valence-electron chi connectivity index (χ2n) is 6.00. The maximum Gasteiger partial charge on any atom is 0.239 e. The van der Waals surface area contributed by atoms with Crippen molar-refractivity contribution in [2.75, 3.05) is 7.11 Å². The second kappa shape index (κ2) is 7.36. The van der Waals surface area contributed by atoms with Crippen LogP contribution in [0.15, 0.2) is 76.5 Å². The maximum atomic E-state index is 12.5. The van der Waals surface area contributed by atoms with Crippen LogP contribution in [0.4, 0.5) is 0 Å². The number of methoxy groups -OCH3 is 1. The molecular weight excluding hydrogens is 400 g/mol. The summed E-state index contributed by atoms with van der Waals surface area (Å²) in [6.45, 7) is 0. The molecule has 0 radical (unpaired) electrons. The fraction of sp³-hybridized carbons (Fsp3) is 0.0526. The van der Waals surface area contributed by atoms with Gasteiger partial charge in [-0.25, -0.2) is 27.1 Å². The fourth-order valence-electron chi connectivity index (χ4n) is 3.01. The molecule has 0 fully saturated rings. The molecule has 0 aromatic heterocycles. The molecule has 0 spiro atoms. The van der Waals surface area contributed by atoms with Crippen LogP contribution < -0.4 is 15.0 Å². The summed E-state index contributed by atoms with van der Waals surface area (Å²) < 4.78 is 54.2. The molecule has 0 heterocycles. The van der Waals surface area contributed by atoms with Crippen molar-refractivity contribution in [1.29, 1.82) is 0 Å². The molecule has 3 aromatic carbocycles. The summed E-state index contributed by atoms with van der Waals surface area (Å²) in [6, 6.07) is 17.4. The topological polar surface area (TPSA) is 130 Å². The predicted octanol–water partition coefficient (Wildman–Crippen LogP) is 2.32. The van der Waals surface area contributed by atoms with Crippen LogP contribution in [0.3, 0.4) is 0 Å². The van der Waals surface area contributed by atoms with Gasteiger partial charge in [-0.3, -0.25) is 0 Å². The Morgan fingerprint density at radius 1 is 0.714 bits per heavy atom. The molecule has 0 aliphatic carbocycles. The van der Waals surface area contributed by atoms with E-state index in [2.05, 4.69) is 0 Å². The summed E-state index contributed by atoms with van der Waals surface area (Å²) in [5.41, 5.74) is 1.17. The highest BCUT2D eigenvalue weighted by atomic mass is 32.2. The average molecular weight is 418 g/mol. The van der Waals surface area contributed by atoms with Crippen LogP contribution in [0.2, 0.25) is 0 Å². The highest BCUT2D eigenvalue weighted by Crippen LogP contribution is 2.38. The number of benzene rings is 3. The fourth-order valence-corrected chi connectivity index (χ4v) is 4.74. The average Bonchev–Trinajstić information content (AvgIpc) is 2.66. The predicted molar refractivity (Wildman–Crippen MR) is 107 cm³/mol. The molecule has 7 nitrogen and oxygen atoms in total. The van der Waals surface area contributed by atoms with Crippen molar-refractivity contribution in [2.45, 2.75) is 9.79 Å². The number of rotatable bonds is 5. The first-order valence-electron chi connectivity index (χ1n) is 8.05. The summed E-state index contributed by atoms with van der Waals surface area (Å²) in [4.78, 5) is -0.387. The third-order valence-corrected chi connectivity index (χ3v) is 6.14. The van der Waals surface area contributed by atoms with Crippen molar-refractivity contribution in [3.8, 4) is 28.0 Å². The van der Waals surface area contributed by atoms with Gasteiger partial charge >= 0.3 is 0 Å². The number of hydrogen-bond donors (Lipinski definition) is 2. The van der Waals surface area contributed by atoms with Gasteiger partial charge in [0.1, 0.15) is 5.75 Å². The minimum Gasteiger partial charge on any atom is -0.497 e. The number of ether oxygens (including phenoxy) is 1. The van der Waals surface area contributed by atoms with Crippen LogP contribution in [-0.2, 0) is 20.0 Å². The van der Waals surface area contributed by atoms with Crippen molar-refractivity contribution < 1.29 is 21.6 Å². The molecule has 3 aromatic rings. The Balaban J connectivity index is 2.41. The van der Waals surface area contributed by atoms with Crippen LogP contribution >= 0.6 is 0 Å². The van der Waals surface area contributed by atoms with E-state index in [1.54, 1.807) is 42.5 Å². The van der Waals surface area contributed by atoms with E-state index in [0.29, 0.717) is 16.9 Å². The molecule has 0 amide bonds. The lowest BCUT2D eigenvalue weighted by molar-refractivity contribution is 0.415. The molecule has 0 unspecified atom stereocenters. The molecule has 0 aliphatic rings. The van der Waals surface area contributed by atoms with E-state index >= 15 is 0 Å². The molecule has 9 heteroatoms. The summed E-state index contributed by atoms with van der Waals surface area (Å²) in [6.07, 6.45) is 0. The van der Waals surface area contributed by atoms with Crippen molar-refractivity contribution in [3.05, 3.63) is 66.7 Å². The maximum absolute atomic E-state index is 12.5. The lowest BCUT2D eigenvalue weighted by Crippen LogP contribution is -2.17. The number of hydrogen-bond acceptors (Lipinski definition) is 5. The summed E-state index contributed by atoms with van der Waals surface area (Å²) >= 11 is 0. The molecule has 3 rings (SSSR count). The lowest BCUT2D eigenvalue weighted by atomic mass is 9.98. The minimum atomic E-state index is -4.22. The zero-order valence-corrected chi connectivity index (χ0v) is 16.5. The van der Waals surface area contributed by atoms with E-state index in [1.807, 2.05) is 0 Å². The van der Waals surface area contributed by atoms with Gasteiger partial charge in [0.2, 0.25) is 20.0 Å². The van der Waals surface area contributed by atoms with Crippen LogP contribution in [0.25, 0.3) is 22.3 Å². The Hall–Kier alpha value is -2.72. The molecular formula is C19H18N2O5S2. The number of primary sulfonamides is 2. The Labute approximate surface area is 163 Å². The quantitative estimate of drug-likeness (QED) is 0.657. The monoisotopic (exact) mass is 418 g/mol. The SMILES string of the molecule is COc1cccc(-c2cccc(-c3ccccc3S(N)(=O)=O)c2S(N)(=O)=O)c1. The van der Waals surface area contributed by atoms with Crippen LogP contribution in [0, 0.1) is 0 Å². The number of sulfonamides is 2. The third-order valence-electron chi connectivity index (χ3n) is 4.16. The van der Waals surface area contributed by atoms with Gasteiger partial charge in [0.15, 0.2) is 0 Å². The van der Waals surface area contributed by atoms with E-state index in [9.17, 15) is 16.8 Å². The zero-order chi connectivity index (χ0) is 20.5. The molecule has 0 saturated heterocycles. The van der Waals surface area contributed by atoms with Crippen molar-refractivity contribution in [2.24, 2.45) is 10.3 Å². The van der Waals surface area contributed by atoms with Crippen LogP contribution in [0.5, 0.6) is 5.75 Å². The highest BCUT2D eigenvalue weighted by Gasteiger charge is 2.24. The van der Waals surface area contributed by atoms with E-state index in [0.717, 1.165) is 0 Å². The molecule has 146 valence electrons. The lowest BCUT2D eigenvalue weighted by Gasteiger charge is -2.16. The first-order valence-corrected chi connectivity index (χ1v) is 11.1. The van der Waals surface area contributed by atoms with Crippen molar-refractivity contribution in [1.82, 2.24) is 0 Å². The van der Waals surface area contributed by atoms with Gasteiger partial charge in [-0.1, -0.05) is 48.5 Å². The zero-order valence-electron chi connectivity index (χ0n) is 14.9. The van der Waals surface area contributed by atoms with E-state index in [4.69, 9.17) is 15.0 Å². The van der Waals surface area contributed by atoms with Crippen LogP contribution in [0.1, 0.15) is 0 Å². The van der Waals surface area contributed by atoms with Gasteiger partial charge in [-0.15, -0.1) is 0 Å². The molecule has 0 bridgehead atoms. The minimum absolute atomic E-state index is 0.146. The summed E-state index contributed by atoms with van der Waals surface area (Å²) in [5, 5.41) is 10.8. The number of nitrogens with two attached hydrogens (primary N) is 2. The smallest absolute Gasteiger partial charge is 0.239 e. The van der Waals surface area contributed by atoms with Gasteiger partial charge in [0, 0.05) is 16.7 Å². The van der Waals surface area contributed by atoms with Crippen LogP contribution in [-0.4, -0.2) is 23.9 Å². The summed E-state index contributed by atoms with van der Waals surface area (Å²) in [5.74, 6) is 0.535. The summed E-state index contributed by atoms with van der Waals surface area (Å²) in [7, 11) is -6.81. The van der Waals surface area contributed by atoms with Gasteiger partial charge in [-0.2, -0.15) is 0 Å². The Bertz CT molecular complexity index is 1250. The van der Waals surface area contributed by atoms with Gasteiger partial charge in [-0.05, 0) is 23.8 Å². The molecule has 4 N–H and O–H groups in total. The van der Waals surface area contributed by atoms with E-state index in [-0.39, 0.29) is 20.9 Å². The Morgan fingerprint density at radius 3 is 1.96 bits per heavy atom. The van der Waals surface area contributed by atoms with E-state index in [1.165, 1.54) is 31.4 Å². The molecule has 28 heavy (non-hydrogen) atoms. The Kier molecular flexibility index (Phi) is 5.26. The molecule has 0 atom stereocenters. The van der Waals surface area contributed by atoms with Gasteiger partial charge in [0.25, 0.3) is 0 Å². The standard InChI is InChI=1S/C19H18N2O5S2/c1-26-14-7-4-6-13(12-14)15-9-5-10-17(19(15)28(21,24)25)16-8-2-3-11-18(16)27(20,22)23/h2-12H,1H3,(H2,20,22,23)(H2,21,24,25). The van der Waals surface area contributed by atoms with Crippen molar-refractivity contribution >= 4 is 20.0 Å². The second-order valence-corrected chi connectivity index (χ2v) is 9.03. The third kappa shape index (κ3) is 3.92. The normalized spacial score (nSPS) is 12.0. The molecule has 0 saturated carbocycles. The van der Waals surface area contributed by atoms with Crippen molar-refractivity contribution in [3.63, 3.8) is 0 Å². The van der Waals surface area contributed by atoms with Gasteiger partial charge < -0.3 is 4.74 Å². The van der Waals surface area contributed by atoms with E-state index < -0.39 is 20.0 Å². The van der Waals surface area contributed by atoms with Gasteiger partial charge in [0.05, 0.1) is 16.9 Å². The highest BCUT2D eigenvalue weighted by molar-refractivity contribution is 7.89. The first kappa shape index (κ1) is 20.0. The largest absolute Gasteiger partial charge is 0.497 e. The first-order chi connectivity index (χ1) is 13.1.